The maximum Gasteiger partial charge on any atom is 0.253 e. The van der Waals surface area contributed by atoms with Crippen molar-refractivity contribution < 1.29 is 9.53 Å². The van der Waals surface area contributed by atoms with Crippen molar-refractivity contribution in [2.45, 2.75) is 19.4 Å². The summed E-state index contributed by atoms with van der Waals surface area (Å²) in [5.74, 6) is -0.160. The molecule has 3 rings (SSSR count). The van der Waals surface area contributed by atoms with Crippen LogP contribution in [0.4, 0.5) is 0 Å². The van der Waals surface area contributed by atoms with E-state index in [9.17, 15) is 4.79 Å². The Balaban J connectivity index is 1.47. The van der Waals surface area contributed by atoms with Gasteiger partial charge in [0.2, 0.25) is 0 Å². The third-order valence-electron chi connectivity index (χ3n) is 3.99. The van der Waals surface area contributed by atoms with Gasteiger partial charge in [0.25, 0.3) is 5.91 Å². The molecule has 1 atom stereocenters. The van der Waals surface area contributed by atoms with Gasteiger partial charge in [0, 0.05) is 13.2 Å². The van der Waals surface area contributed by atoms with E-state index in [2.05, 4.69) is 20.8 Å². The highest BCUT2D eigenvalue weighted by Crippen LogP contribution is 2.16. The number of ether oxygens (including phenoxy) is 1. The van der Waals surface area contributed by atoms with Crippen molar-refractivity contribution in [3.63, 3.8) is 0 Å². The summed E-state index contributed by atoms with van der Waals surface area (Å²) in [5.41, 5.74) is 2.31. The zero-order chi connectivity index (χ0) is 18.2. The second-order valence-electron chi connectivity index (χ2n) is 5.80. The molecule has 7 heteroatoms. The first-order valence-electron chi connectivity index (χ1n) is 8.53. The number of carbonyl (C=O) groups excluding carboxylic acids is 1. The van der Waals surface area contributed by atoms with Crippen LogP contribution in [0.3, 0.4) is 0 Å². The lowest BCUT2D eigenvalue weighted by molar-refractivity contribution is 0.0635. The molecule has 0 saturated carbocycles. The monoisotopic (exact) mass is 351 g/mol. The second-order valence-corrected chi connectivity index (χ2v) is 5.80. The number of nitrogens with zero attached hydrogens (tertiary/aromatic N) is 4. The number of hydrogen-bond donors (Lipinski definition) is 1. The molecule has 26 heavy (non-hydrogen) atoms. The van der Waals surface area contributed by atoms with Crippen molar-refractivity contribution in [1.29, 1.82) is 0 Å². The third-order valence-corrected chi connectivity index (χ3v) is 3.99. The summed E-state index contributed by atoms with van der Waals surface area (Å²) in [6, 6.07) is 17.3. The average Bonchev–Trinajstić information content (AvgIpc) is 3.23. The van der Waals surface area contributed by atoms with Crippen LogP contribution in [0.15, 0.2) is 60.9 Å². The van der Waals surface area contributed by atoms with E-state index in [-0.39, 0.29) is 12.0 Å². The fraction of sp³-hybridized carbons (Fsp3) is 0.263. The van der Waals surface area contributed by atoms with Crippen LogP contribution in [-0.4, -0.2) is 39.3 Å². The zero-order valence-electron chi connectivity index (χ0n) is 14.6. The van der Waals surface area contributed by atoms with Gasteiger partial charge in [0.15, 0.2) is 0 Å². The number of carbonyl (C=O) groups is 1. The van der Waals surface area contributed by atoms with Crippen LogP contribution in [0.25, 0.3) is 5.69 Å². The average molecular weight is 351 g/mol. The smallest absolute Gasteiger partial charge is 0.253 e. The summed E-state index contributed by atoms with van der Waals surface area (Å²) in [5, 5.41) is 14.0. The number of hydrogen-bond acceptors (Lipinski definition) is 5. The highest BCUT2D eigenvalue weighted by molar-refractivity contribution is 5.97. The lowest BCUT2D eigenvalue weighted by atomic mass is 10.1. The molecule has 1 N–H and O–H groups in total. The topological polar surface area (TPSA) is 81.9 Å². The van der Waals surface area contributed by atoms with E-state index in [1.165, 1.54) is 11.0 Å². The molecular weight excluding hydrogens is 330 g/mol. The van der Waals surface area contributed by atoms with Gasteiger partial charge in [-0.05, 0) is 41.5 Å². The van der Waals surface area contributed by atoms with Crippen molar-refractivity contribution in [1.82, 2.24) is 25.5 Å². The Bertz CT molecular complexity index is 821. The molecule has 0 spiro atoms. The Morgan fingerprint density at radius 1 is 1.15 bits per heavy atom. The second kappa shape index (κ2) is 8.87. The molecule has 0 aliphatic rings. The van der Waals surface area contributed by atoms with Crippen LogP contribution >= 0.6 is 0 Å². The first kappa shape index (κ1) is 17.8. The molecule has 2 aromatic carbocycles. The molecule has 0 fully saturated rings. The normalized spacial score (nSPS) is 11.9. The van der Waals surface area contributed by atoms with Crippen molar-refractivity contribution in [2.75, 3.05) is 13.2 Å². The lowest BCUT2D eigenvalue weighted by Gasteiger charge is -2.14. The fourth-order valence-corrected chi connectivity index (χ4v) is 2.59. The van der Waals surface area contributed by atoms with Crippen LogP contribution < -0.4 is 5.32 Å². The van der Waals surface area contributed by atoms with Gasteiger partial charge in [-0.25, -0.2) is 0 Å². The van der Waals surface area contributed by atoms with E-state index in [0.29, 0.717) is 24.4 Å². The minimum atomic E-state index is -0.160. The van der Waals surface area contributed by atoms with Crippen molar-refractivity contribution in [3.05, 3.63) is 72.1 Å². The number of amides is 1. The first-order valence-corrected chi connectivity index (χ1v) is 8.53. The standard InChI is InChI=1S/C19H21N5O2/c1-15(16-8-3-2-4-9-16)26-13-7-12-20-19(25)17-10-5-6-11-18(17)24-14-21-22-23-24/h2-6,8-11,14-15H,7,12-13H2,1H3,(H,20,25). The molecule has 0 aliphatic heterocycles. The van der Waals surface area contributed by atoms with Gasteiger partial charge in [0.1, 0.15) is 6.33 Å². The molecule has 1 amide bonds. The molecule has 1 unspecified atom stereocenters. The van der Waals surface area contributed by atoms with Gasteiger partial charge in [0.05, 0.1) is 17.4 Å². The van der Waals surface area contributed by atoms with E-state index >= 15 is 0 Å². The van der Waals surface area contributed by atoms with Gasteiger partial charge in [-0.15, -0.1) is 5.10 Å². The Kier molecular flexibility index (Phi) is 6.05. The number of aromatic nitrogens is 4. The summed E-state index contributed by atoms with van der Waals surface area (Å²) >= 11 is 0. The van der Waals surface area contributed by atoms with Crippen LogP contribution in [0.5, 0.6) is 0 Å². The van der Waals surface area contributed by atoms with E-state index < -0.39 is 0 Å². The van der Waals surface area contributed by atoms with Gasteiger partial charge < -0.3 is 10.1 Å². The summed E-state index contributed by atoms with van der Waals surface area (Å²) in [7, 11) is 0. The van der Waals surface area contributed by atoms with Crippen molar-refractivity contribution in [3.8, 4) is 5.69 Å². The maximum absolute atomic E-state index is 12.4. The number of tetrazole rings is 1. The minimum absolute atomic E-state index is 0.0347. The Labute approximate surface area is 152 Å². The van der Waals surface area contributed by atoms with Crippen LogP contribution in [0.1, 0.15) is 35.4 Å². The van der Waals surface area contributed by atoms with Crippen LogP contribution in [0, 0.1) is 0 Å². The summed E-state index contributed by atoms with van der Waals surface area (Å²) < 4.78 is 7.29. The summed E-state index contributed by atoms with van der Waals surface area (Å²) in [6.45, 7) is 3.13. The van der Waals surface area contributed by atoms with Crippen molar-refractivity contribution in [2.24, 2.45) is 0 Å². The van der Waals surface area contributed by atoms with Crippen LogP contribution in [-0.2, 0) is 4.74 Å². The number of para-hydroxylation sites is 1. The Hall–Kier alpha value is -3.06. The Morgan fingerprint density at radius 3 is 2.69 bits per heavy atom. The molecular formula is C19H21N5O2. The van der Waals surface area contributed by atoms with Gasteiger partial charge in [-0.1, -0.05) is 42.5 Å². The molecule has 0 bridgehead atoms. The predicted octanol–water partition coefficient (Wildman–Crippen LogP) is 2.56. The molecule has 7 nitrogen and oxygen atoms in total. The van der Waals surface area contributed by atoms with Gasteiger partial charge >= 0.3 is 0 Å². The lowest BCUT2D eigenvalue weighted by Crippen LogP contribution is -2.26. The maximum atomic E-state index is 12.4. The van der Waals surface area contributed by atoms with Gasteiger partial charge in [-0.3, -0.25) is 4.79 Å². The van der Waals surface area contributed by atoms with Crippen molar-refractivity contribution >= 4 is 5.91 Å². The third kappa shape index (κ3) is 4.52. The molecule has 0 radical (unpaired) electrons. The molecule has 0 saturated heterocycles. The summed E-state index contributed by atoms with van der Waals surface area (Å²) in [4.78, 5) is 12.4. The van der Waals surface area contributed by atoms with E-state index in [0.717, 1.165) is 12.0 Å². The summed E-state index contributed by atoms with van der Waals surface area (Å²) in [6.07, 6.45) is 2.23. The number of benzene rings is 2. The molecule has 0 aliphatic carbocycles. The molecule has 3 aromatic rings. The quantitative estimate of drug-likeness (QED) is 0.631. The highest BCUT2D eigenvalue weighted by Gasteiger charge is 2.12. The fourth-order valence-electron chi connectivity index (χ4n) is 2.59. The molecule has 1 heterocycles. The molecule has 1 aromatic heterocycles. The minimum Gasteiger partial charge on any atom is -0.374 e. The molecule has 134 valence electrons. The van der Waals surface area contributed by atoms with E-state index in [1.54, 1.807) is 12.1 Å². The number of nitrogens with one attached hydrogen (secondary N) is 1. The predicted molar refractivity (Wildman–Crippen MR) is 96.9 cm³/mol. The number of rotatable bonds is 8. The van der Waals surface area contributed by atoms with E-state index in [1.807, 2.05) is 49.4 Å². The largest absolute Gasteiger partial charge is 0.374 e. The zero-order valence-corrected chi connectivity index (χ0v) is 14.6. The van der Waals surface area contributed by atoms with E-state index in [4.69, 9.17) is 4.74 Å². The van der Waals surface area contributed by atoms with Crippen LogP contribution in [0.2, 0.25) is 0 Å². The highest BCUT2D eigenvalue weighted by atomic mass is 16.5. The first-order chi connectivity index (χ1) is 12.8. The van der Waals surface area contributed by atoms with Gasteiger partial charge in [-0.2, -0.15) is 4.68 Å². The Morgan fingerprint density at radius 2 is 1.92 bits per heavy atom. The SMILES string of the molecule is CC(OCCCNC(=O)c1ccccc1-n1cnnn1)c1ccccc1.